The molecule has 3 aromatic rings. The molecule has 0 aliphatic carbocycles. The van der Waals surface area contributed by atoms with E-state index in [0.717, 1.165) is 24.3 Å². The summed E-state index contributed by atoms with van der Waals surface area (Å²) in [7, 11) is 1.64. The number of rotatable bonds is 11. The summed E-state index contributed by atoms with van der Waals surface area (Å²) in [5.41, 5.74) is 3.61. The maximum atomic E-state index is 12.1. The van der Waals surface area contributed by atoms with Gasteiger partial charge in [-0.2, -0.15) is 9.97 Å². The van der Waals surface area contributed by atoms with Crippen LogP contribution in [0.25, 0.3) is 0 Å². The number of methoxy groups -OCH3 is 1. The Bertz CT molecular complexity index is 1280. The molecule has 2 saturated heterocycles. The van der Waals surface area contributed by atoms with E-state index in [9.17, 15) is 9.59 Å². The fourth-order valence-electron chi connectivity index (χ4n) is 4.88. The average molecular weight is 530 g/mol. The number of aryl methyl sites for hydroxylation is 2. The lowest BCUT2D eigenvalue weighted by molar-refractivity contribution is -0.118. The number of carbonyl (C=O) groups is 2. The monoisotopic (exact) mass is 529 g/mol. The van der Waals surface area contributed by atoms with Gasteiger partial charge in [0.05, 0.1) is 13.7 Å². The van der Waals surface area contributed by atoms with Crippen molar-refractivity contribution < 1.29 is 14.3 Å². The molecule has 10 heteroatoms. The van der Waals surface area contributed by atoms with Gasteiger partial charge in [-0.3, -0.25) is 15.0 Å². The number of likely N-dealkylation sites (tertiary alicyclic amines) is 1. The minimum atomic E-state index is -0.431. The van der Waals surface area contributed by atoms with Crippen LogP contribution in [0.15, 0.2) is 48.5 Å². The van der Waals surface area contributed by atoms with Crippen molar-refractivity contribution in [2.45, 2.75) is 51.7 Å². The average Bonchev–Trinajstić information content (AvgIpc) is 3.28. The van der Waals surface area contributed by atoms with Crippen LogP contribution in [-0.2, 0) is 37.3 Å². The summed E-state index contributed by atoms with van der Waals surface area (Å²) >= 11 is 0. The summed E-state index contributed by atoms with van der Waals surface area (Å²) in [6.07, 6.45) is 5.34. The number of urea groups is 1. The lowest BCUT2D eigenvalue weighted by Gasteiger charge is -2.26. The second kappa shape index (κ2) is 12.7. The predicted octanol–water partition coefficient (Wildman–Crippen LogP) is 3.32. The Morgan fingerprint density at radius 2 is 1.51 bits per heavy atom. The maximum Gasteiger partial charge on any atom is 0.324 e. The maximum absolute atomic E-state index is 12.1. The summed E-state index contributed by atoms with van der Waals surface area (Å²) in [4.78, 5) is 41.5. The standard InChI is InChI=1S/C29H35N7O3/c1-39-24-12-9-22(10-13-24)17-30-28-32-25(31-26(33-28)19-36-20-27(37)34-29(36)38)14-11-21-5-7-23(8-6-21)18-35-15-3-2-4-16-35/h5-10,12-13H,2-4,11,14-20H2,1H3,(H,34,37,38)(H,30,31,32,33). The number of aromatic nitrogens is 3. The third-order valence-corrected chi connectivity index (χ3v) is 7.05. The van der Waals surface area contributed by atoms with Crippen molar-refractivity contribution in [3.63, 3.8) is 0 Å². The van der Waals surface area contributed by atoms with E-state index in [0.29, 0.717) is 30.6 Å². The molecule has 0 atom stereocenters. The molecule has 3 heterocycles. The van der Waals surface area contributed by atoms with Gasteiger partial charge in [0.2, 0.25) is 11.9 Å². The Labute approximate surface area is 228 Å². The van der Waals surface area contributed by atoms with Crippen LogP contribution in [0.3, 0.4) is 0 Å². The number of nitrogens with zero attached hydrogens (tertiary/aromatic N) is 5. The van der Waals surface area contributed by atoms with Gasteiger partial charge >= 0.3 is 6.03 Å². The van der Waals surface area contributed by atoms with E-state index in [2.05, 4.69) is 54.8 Å². The summed E-state index contributed by atoms with van der Waals surface area (Å²) < 4.78 is 5.23. The van der Waals surface area contributed by atoms with Crippen LogP contribution in [-0.4, -0.2) is 63.4 Å². The number of ether oxygens (including phenoxy) is 1. The van der Waals surface area contributed by atoms with E-state index >= 15 is 0 Å². The molecule has 204 valence electrons. The number of carbonyl (C=O) groups excluding carboxylic acids is 2. The van der Waals surface area contributed by atoms with Crippen LogP contribution in [0.5, 0.6) is 5.75 Å². The number of hydrogen-bond donors (Lipinski definition) is 2. The number of nitrogens with one attached hydrogen (secondary N) is 2. The number of anilines is 1. The van der Waals surface area contributed by atoms with E-state index in [-0.39, 0.29) is 19.0 Å². The highest BCUT2D eigenvalue weighted by Crippen LogP contribution is 2.16. The molecule has 0 radical (unpaired) electrons. The zero-order chi connectivity index (χ0) is 27.0. The lowest BCUT2D eigenvalue weighted by atomic mass is 10.1. The number of hydrogen-bond acceptors (Lipinski definition) is 8. The number of imide groups is 1. The summed E-state index contributed by atoms with van der Waals surface area (Å²) in [5, 5.41) is 5.57. The molecule has 1 aromatic heterocycles. The molecule has 2 aliphatic heterocycles. The van der Waals surface area contributed by atoms with Crippen molar-refractivity contribution in [3.05, 3.63) is 76.9 Å². The Morgan fingerprint density at radius 1 is 0.821 bits per heavy atom. The number of benzene rings is 2. The molecule has 10 nitrogen and oxygen atoms in total. The van der Waals surface area contributed by atoms with Gasteiger partial charge in [0, 0.05) is 19.5 Å². The normalized spacial score (nSPS) is 15.9. The Hall–Kier alpha value is -4.05. The van der Waals surface area contributed by atoms with Crippen LogP contribution < -0.4 is 15.4 Å². The number of piperidine rings is 1. The third-order valence-electron chi connectivity index (χ3n) is 7.05. The Morgan fingerprint density at radius 3 is 2.21 bits per heavy atom. The zero-order valence-electron chi connectivity index (χ0n) is 22.4. The first-order valence-electron chi connectivity index (χ1n) is 13.5. The van der Waals surface area contributed by atoms with Crippen LogP contribution >= 0.6 is 0 Å². The van der Waals surface area contributed by atoms with Crippen molar-refractivity contribution in [2.75, 3.05) is 32.1 Å². The smallest absolute Gasteiger partial charge is 0.324 e. The Kier molecular flexibility index (Phi) is 8.62. The molecular weight excluding hydrogens is 494 g/mol. The zero-order valence-corrected chi connectivity index (χ0v) is 22.4. The first-order valence-corrected chi connectivity index (χ1v) is 13.5. The van der Waals surface area contributed by atoms with Gasteiger partial charge in [-0.05, 0) is 61.2 Å². The highest BCUT2D eigenvalue weighted by atomic mass is 16.5. The highest BCUT2D eigenvalue weighted by molar-refractivity contribution is 6.01. The molecular formula is C29H35N7O3. The highest BCUT2D eigenvalue weighted by Gasteiger charge is 2.27. The minimum Gasteiger partial charge on any atom is -0.497 e. The van der Waals surface area contributed by atoms with Gasteiger partial charge in [0.15, 0.2) is 5.82 Å². The van der Waals surface area contributed by atoms with Gasteiger partial charge in [-0.15, -0.1) is 0 Å². The quantitative estimate of drug-likeness (QED) is 0.364. The van der Waals surface area contributed by atoms with Gasteiger partial charge in [-0.1, -0.05) is 42.8 Å². The summed E-state index contributed by atoms with van der Waals surface area (Å²) in [6.45, 7) is 4.03. The second-order valence-corrected chi connectivity index (χ2v) is 10.1. The SMILES string of the molecule is COc1ccc(CNc2nc(CCc3ccc(CN4CCCCC4)cc3)nc(CN3CC(=O)NC3=O)n2)cc1. The van der Waals surface area contributed by atoms with Crippen LogP contribution in [0.2, 0.25) is 0 Å². The predicted molar refractivity (Wildman–Crippen MR) is 147 cm³/mol. The molecule has 0 spiro atoms. The molecule has 0 unspecified atom stereocenters. The first kappa shape index (κ1) is 26.6. The minimum absolute atomic E-state index is 0.00175. The molecule has 2 aliphatic rings. The molecule has 39 heavy (non-hydrogen) atoms. The van der Waals surface area contributed by atoms with Crippen molar-refractivity contribution in [1.29, 1.82) is 0 Å². The van der Waals surface area contributed by atoms with Gasteiger partial charge < -0.3 is 15.0 Å². The van der Waals surface area contributed by atoms with Crippen LogP contribution in [0.4, 0.5) is 10.7 Å². The van der Waals surface area contributed by atoms with Gasteiger partial charge in [0.1, 0.15) is 18.1 Å². The topological polar surface area (TPSA) is 113 Å². The van der Waals surface area contributed by atoms with Crippen molar-refractivity contribution in [2.24, 2.45) is 0 Å². The molecule has 0 bridgehead atoms. The van der Waals surface area contributed by atoms with Crippen LogP contribution in [0, 0.1) is 0 Å². The van der Waals surface area contributed by atoms with Gasteiger partial charge in [0.25, 0.3) is 0 Å². The van der Waals surface area contributed by atoms with E-state index in [1.807, 2.05) is 24.3 Å². The molecule has 2 N–H and O–H groups in total. The van der Waals surface area contributed by atoms with Crippen molar-refractivity contribution in [3.8, 4) is 5.75 Å². The van der Waals surface area contributed by atoms with Gasteiger partial charge in [-0.25, -0.2) is 9.78 Å². The fourth-order valence-corrected chi connectivity index (χ4v) is 4.88. The molecule has 0 saturated carbocycles. The van der Waals surface area contributed by atoms with Crippen molar-refractivity contribution in [1.82, 2.24) is 30.1 Å². The summed E-state index contributed by atoms with van der Waals surface area (Å²) in [5.74, 6) is 1.99. The van der Waals surface area contributed by atoms with E-state index in [1.54, 1.807) is 7.11 Å². The van der Waals surface area contributed by atoms with Crippen LogP contribution in [0.1, 0.15) is 47.6 Å². The third kappa shape index (κ3) is 7.51. The largest absolute Gasteiger partial charge is 0.497 e. The van der Waals surface area contributed by atoms with E-state index < -0.39 is 6.03 Å². The van der Waals surface area contributed by atoms with Crippen molar-refractivity contribution >= 4 is 17.9 Å². The molecule has 5 rings (SSSR count). The Balaban J connectivity index is 1.25. The van der Waals surface area contributed by atoms with E-state index in [4.69, 9.17) is 4.74 Å². The first-order chi connectivity index (χ1) is 19.0. The number of amides is 3. The molecule has 3 amide bonds. The lowest BCUT2D eigenvalue weighted by Crippen LogP contribution is -2.29. The molecule has 2 fully saturated rings. The summed E-state index contributed by atoms with van der Waals surface area (Å²) in [6, 6.07) is 16.1. The fraction of sp³-hybridized carbons (Fsp3) is 0.414. The molecule has 2 aromatic carbocycles. The van der Waals surface area contributed by atoms with E-state index in [1.165, 1.54) is 48.4 Å². The second-order valence-electron chi connectivity index (χ2n) is 10.1.